The molecule has 3 amide bonds. The number of hydrogen-bond donors (Lipinski definition) is 2. The molecule has 1 saturated carbocycles. The molecule has 2 aliphatic heterocycles. The summed E-state index contributed by atoms with van der Waals surface area (Å²) in [5.41, 5.74) is 7.11. The van der Waals surface area contributed by atoms with E-state index in [1.165, 1.54) is 4.90 Å². The molecule has 1 aromatic carbocycles. The maximum absolute atomic E-state index is 12.6. The molecular weight excluding hydrogens is 464 g/mol. The van der Waals surface area contributed by atoms with E-state index in [-0.39, 0.29) is 50.0 Å². The van der Waals surface area contributed by atoms with E-state index in [1.54, 1.807) is 0 Å². The Kier molecular flexibility index (Phi) is 8.79. The lowest BCUT2D eigenvalue weighted by atomic mass is 9.81. The van der Waals surface area contributed by atoms with Crippen LogP contribution in [0, 0.1) is 5.92 Å². The highest BCUT2D eigenvalue weighted by Gasteiger charge is 2.39. The van der Waals surface area contributed by atoms with Crippen molar-refractivity contribution in [2.24, 2.45) is 11.7 Å². The Labute approximate surface area is 211 Å². The van der Waals surface area contributed by atoms with Crippen molar-refractivity contribution in [2.45, 2.75) is 76.1 Å². The second-order valence-electron chi connectivity index (χ2n) is 9.89. The molecule has 10 nitrogen and oxygen atoms in total. The molecule has 10 heteroatoms. The predicted octanol–water partition coefficient (Wildman–Crippen LogP) is 1.91. The van der Waals surface area contributed by atoms with Crippen LogP contribution in [0.25, 0.3) is 0 Å². The molecule has 36 heavy (non-hydrogen) atoms. The molecule has 4 rings (SSSR count). The molecule has 2 saturated heterocycles. The van der Waals surface area contributed by atoms with Gasteiger partial charge in [-0.2, -0.15) is 0 Å². The quantitative estimate of drug-likeness (QED) is 0.521. The van der Waals surface area contributed by atoms with Crippen molar-refractivity contribution >= 4 is 23.9 Å². The van der Waals surface area contributed by atoms with Gasteiger partial charge in [-0.3, -0.25) is 14.5 Å². The smallest absolute Gasteiger partial charge is 0.413 e. The predicted molar refractivity (Wildman–Crippen MR) is 130 cm³/mol. The summed E-state index contributed by atoms with van der Waals surface area (Å²) in [6.45, 7) is 1.51. The number of nitrogens with one attached hydrogen (secondary N) is 1. The minimum atomic E-state index is -0.843. The first-order chi connectivity index (χ1) is 17.4. The van der Waals surface area contributed by atoms with Crippen LogP contribution in [-0.2, 0) is 30.5 Å². The van der Waals surface area contributed by atoms with Crippen LogP contribution in [0.5, 0.6) is 0 Å². The van der Waals surface area contributed by atoms with Gasteiger partial charge in [-0.25, -0.2) is 9.59 Å². The van der Waals surface area contributed by atoms with Gasteiger partial charge in [-0.1, -0.05) is 30.3 Å². The number of nitrogens with two attached hydrogens (primary N) is 1. The standard InChI is InChI=1S/C26H36N4O6/c27-23(24(32)29-14-4-5-15-29)19-8-10-20(11-9-19)28-22(31)13-12-21-25(33)36-17-30(21)26(34)35-16-18-6-2-1-3-7-18/h1-3,6-7,19-21,23H,4-5,8-17,27H2,(H,28,31)/t19?,20?,21-,23?/m0/s1. The first-order valence-electron chi connectivity index (χ1n) is 12.9. The second kappa shape index (κ2) is 12.2. The lowest BCUT2D eigenvalue weighted by Crippen LogP contribution is -2.49. The van der Waals surface area contributed by atoms with Crippen LogP contribution >= 0.6 is 0 Å². The zero-order valence-electron chi connectivity index (χ0n) is 20.6. The summed E-state index contributed by atoms with van der Waals surface area (Å²) >= 11 is 0. The van der Waals surface area contributed by atoms with E-state index in [0.717, 1.165) is 57.2 Å². The molecule has 1 aliphatic carbocycles. The summed E-state index contributed by atoms with van der Waals surface area (Å²) in [5.74, 6) is -0.518. The van der Waals surface area contributed by atoms with E-state index < -0.39 is 24.1 Å². The van der Waals surface area contributed by atoms with Crippen molar-refractivity contribution < 1.29 is 28.7 Å². The fraction of sp³-hybridized carbons (Fsp3) is 0.615. The average Bonchev–Trinajstić information content (AvgIpc) is 3.56. The summed E-state index contributed by atoms with van der Waals surface area (Å²) < 4.78 is 10.3. The minimum Gasteiger partial charge on any atom is -0.444 e. The number of rotatable bonds is 8. The Morgan fingerprint density at radius 1 is 1.08 bits per heavy atom. The van der Waals surface area contributed by atoms with Gasteiger partial charge in [-0.15, -0.1) is 0 Å². The molecule has 1 unspecified atom stereocenters. The number of carbonyl (C=O) groups excluding carboxylic acids is 4. The van der Waals surface area contributed by atoms with Crippen LogP contribution in [0.1, 0.15) is 56.9 Å². The third kappa shape index (κ3) is 6.54. The zero-order chi connectivity index (χ0) is 25.5. The van der Waals surface area contributed by atoms with Crippen LogP contribution < -0.4 is 11.1 Å². The number of benzene rings is 1. The van der Waals surface area contributed by atoms with E-state index in [2.05, 4.69) is 5.32 Å². The third-order valence-corrected chi connectivity index (χ3v) is 7.43. The second-order valence-corrected chi connectivity index (χ2v) is 9.89. The number of ether oxygens (including phenoxy) is 2. The lowest BCUT2D eigenvalue weighted by Gasteiger charge is -2.33. The molecular formula is C26H36N4O6. The number of esters is 1. The fourth-order valence-corrected chi connectivity index (χ4v) is 5.24. The van der Waals surface area contributed by atoms with Crippen molar-refractivity contribution in [3.8, 4) is 0 Å². The zero-order valence-corrected chi connectivity index (χ0v) is 20.6. The molecule has 0 aromatic heterocycles. The number of amides is 3. The molecule has 3 N–H and O–H groups in total. The number of hydrogen-bond acceptors (Lipinski definition) is 7. The summed E-state index contributed by atoms with van der Waals surface area (Å²) in [4.78, 5) is 52.9. The maximum Gasteiger partial charge on any atom is 0.413 e. The highest BCUT2D eigenvalue weighted by Crippen LogP contribution is 2.28. The SMILES string of the molecule is NC(C(=O)N1CCCC1)C1CCC(NC(=O)CC[C@H]2C(=O)OCN2C(=O)OCc2ccccc2)CC1. The number of carbonyl (C=O) groups is 4. The lowest BCUT2D eigenvalue weighted by molar-refractivity contribution is -0.139. The van der Waals surface area contributed by atoms with Gasteiger partial charge < -0.3 is 25.4 Å². The van der Waals surface area contributed by atoms with Crippen molar-refractivity contribution in [2.75, 3.05) is 19.8 Å². The van der Waals surface area contributed by atoms with Crippen molar-refractivity contribution in [1.29, 1.82) is 0 Å². The Morgan fingerprint density at radius 2 is 1.78 bits per heavy atom. The van der Waals surface area contributed by atoms with Gasteiger partial charge in [0.05, 0.1) is 6.04 Å². The maximum atomic E-state index is 12.6. The number of likely N-dealkylation sites (tertiary alicyclic amines) is 1. The minimum absolute atomic E-state index is 0.0188. The van der Waals surface area contributed by atoms with Crippen LogP contribution in [0.2, 0.25) is 0 Å². The molecule has 196 valence electrons. The Morgan fingerprint density at radius 3 is 2.47 bits per heavy atom. The molecule has 3 aliphatic rings. The Balaban J connectivity index is 1.18. The van der Waals surface area contributed by atoms with Gasteiger partial charge in [0, 0.05) is 25.6 Å². The monoisotopic (exact) mass is 500 g/mol. The topological polar surface area (TPSA) is 131 Å². The Bertz CT molecular complexity index is 928. The van der Waals surface area contributed by atoms with E-state index in [4.69, 9.17) is 15.2 Å². The van der Waals surface area contributed by atoms with E-state index >= 15 is 0 Å². The molecule has 3 fully saturated rings. The fourth-order valence-electron chi connectivity index (χ4n) is 5.24. The van der Waals surface area contributed by atoms with Crippen LogP contribution in [-0.4, -0.2) is 71.6 Å². The first kappa shape index (κ1) is 25.9. The Hall–Kier alpha value is -3.14. The van der Waals surface area contributed by atoms with Crippen LogP contribution in [0.3, 0.4) is 0 Å². The highest BCUT2D eigenvalue weighted by molar-refractivity contribution is 5.85. The average molecular weight is 501 g/mol. The summed E-state index contributed by atoms with van der Waals surface area (Å²) in [6.07, 6.45) is 4.81. The van der Waals surface area contributed by atoms with Gasteiger partial charge in [0.1, 0.15) is 12.6 Å². The summed E-state index contributed by atoms with van der Waals surface area (Å²) in [7, 11) is 0. The molecule has 0 spiro atoms. The summed E-state index contributed by atoms with van der Waals surface area (Å²) in [5, 5.41) is 3.03. The molecule has 2 atom stereocenters. The van der Waals surface area contributed by atoms with Crippen LogP contribution in [0.15, 0.2) is 30.3 Å². The summed E-state index contributed by atoms with van der Waals surface area (Å²) in [6, 6.07) is 7.96. The van der Waals surface area contributed by atoms with Crippen LogP contribution in [0.4, 0.5) is 4.79 Å². The van der Waals surface area contributed by atoms with E-state index in [1.807, 2.05) is 35.2 Å². The highest BCUT2D eigenvalue weighted by atomic mass is 16.6. The number of nitrogens with zero attached hydrogens (tertiary/aromatic N) is 2. The first-order valence-corrected chi connectivity index (χ1v) is 12.9. The largest absolute Gasteiger partial charge is 0.444 e. The van der Waals surface area contributed by atoms with E-state index in [0.29, 0.717) is 0 Å². The number of cyclic esters (lactones) is 1. The molecule has 1 aromatic rings. The molecule has 2 heterocycles. The van der Waals surface area contributed by atoms with Gasteiger partial charge in [0.15, 0.2) is 6.73 Å². The normalized spacial score (nSPS) is 24.8. The van der Waals surface area contributed by atoms with Crippen molar-refractivity contribution in [1.82, 2.24) is 15.1 Å². The van der Waals surface area contributed by atoms with Gasteiger partial charge in [0.2, 0.25) is 11.8 Å². The van der Waals surface area contributed by atoms with Crippen molar-refractivity contribution in [3.63, 3.8) is 0 Å². The third-order valence-electron chi connectivity index (χ3n) is 7.43. The van der Waals surface area contributed by atoms with Crippen molar-refractivity contribution in [3.05, 3.63) is 35.9 Å². The molecule has 0 radical (unpaired) electrons. The van der Waals surface area contributed by atoms with Gasteiger partial charge >= 0.3 is 12.1 Å². The van der Waals surface area contributed by atoms with E-state index in [9.17, 15) is 19.2 Å². The van der Waals surface area contributed by atoms with Gasteiger partial charge in [0.25, 0.3) is 0 Å². The molecule has 0 bridgehead atoms. The van der Waals surface area contributed by atoms with Gasteiger partial charge in [-0.05, 0) is 56.4 Å².